The highest BCUT2D eigenvalue weighted by Crippen LogP contribution is 2.36. The van der Waals surface area contributed by atoms with Crippen LogP contribution in [-0.4, -0.2) is 37.7 Å². The first-order chi connectivity index (χ1) is 11.0. The first-order valence-electron chi connectivity index (χ1n) is 6.82. The summed E-state index contributed by atoms with van der Waals surface area (Å²) in [5.41, 5.74) is -0.0630. The lowest BCUT2D eigenvalue weighted by Crippen LogP contribution is -2.00. The van der Waals surface area contributed by atoms with E-state index in [1.165, 1.54) is 23.0 Å². The molecule has 0 aliphatic rings. The van der Waals surface area contributed by atoms with Gasteiger partial charge >= 0.3 is 5.69 Å². The molecule has 9 nitrogen and oxygen atoms in total. The van der Waals surface area contributed by atoms with E-state index in [0.717, 1.165) is 0 Å². The van der Waals surface area contributed by atoms with Crippen molar-refractivity contribution in [1.29, 1.82) is 0 Å². The van der Waals surface area contributed by atoms with Gasteiger partial charge < -0.3 is 9.84 Å². The summed E-state index contributed by atoms with van der Waals surface area (Å²) < 4.78 is 6.95. The Balaban J connectivity index is 2.47. The topological polar surface area (TPSA) is 119 Å². The zero-order valence-electron chi connectivity index (χ0n) is 12.5. The van der Waals surface area contributed by atoms with Crippen LogP contribution in [0.3, 0.4) is 0 Å². The smallest absolute Gasteiger partial charge is 0.315 e. The summed E-state index contributed by atoms with van der Waals surface area (Å²) in [4.78, 5) is 10.3. The first-order valence-corrected chi connectivity index (χ1v) is 7.23. The molecule has 1 heterocycles. The van der Waals surface area contributed by atoms with E-state index in [4.69, 9.17) is 17.0 Å². The number of aryl methyl sites for hydroxylation is 1. The van der Waals surface area contributed by atoms with Crippen LogP contribution in [0.15, 0.2) is 17.2 Å². The Morgan fingerprint density at radius 2 is 2.30 bits per heavy atom. The Kier molecular flexibility index (Phi) is 5.06. The highest BCUT2D eigenvalue weighted by Gasteiger charge is 2.19. The van der Waals surface area contributed by atoms with Crippen LogP contribution in [0.25, 0.3) is 0 Å². The molecule has 122 valence electrons. The zero-order valence-corrected chi connectivity index (χ0v) is 13.3. The second kappa shape index (κ2) is 7.01. The molecule has 0 radical (unpaired) electrons. The average molecular weight is 337 g/mol. The number of nitrogens with zero attached hydrogens (tertiary/aromatic N) is 4. The molecule has 1 aromatic carbocycles. The van der Waals surface area contributed by atoms with Crippen LogP contribution in [0, 0.1) is 14.9 Å². The van der Waals surface area contributed by atoms with Gasteiger partial charge in [-0.25, -0.2) is 0 Å². The molecule has 23 heavy (non-hydrogen) atoms. The summed E-state index contributed by atoms with van der Waals surface area (Å²) in [6.45, 7) is 3.87. The second-order valence-electron chi connectivity index (χ2n) is 4.43. The van der Waals surface area contributed by atoms with Crippen LogP contribution in [0.5, 0.6) is 11.5 Å². The number of aromatic amines is 1. The molecule has 0 saturated heterocycles. The van der Waals surface area contributed by atoms with Crippen LogP contribution in [0.2, 0.25) is 0 Å². The molecule has 2 rings (SSSR count). The molecule has 2 N–H and O–H groups in total. The number of nitro benzene ring substituents is 1. The molecule has 0 unspecified atom stereocenters. The van der Waals surface area contributed by atoms with E-state index in [9.17, 15) is 15.2 Å². The van der Waals surface area contributed by atoms with Gasteiger partial charge in [0.25, 0.3) is 0 Å². The van der Waals surface area contributed by atoms with Gasteiger partial charge in [0.1, 0.15) is 0 Å². The summed E-state index contributed by atoms with van der Waals surface area (Å²) in [7, 11) is 0. The minimum absolute atomic E-state index is 0.0228. The van der Waals surface area contributed by atoms with Crippen molar-refractivity contribution in [2.24, 2.45) is 5.10 Å². The monoisotopic (exact) mass is 337 g/mol. The second-order valence-corrected chi connectivity index (χ2v) is 4.82. The van der Waals surface area contributed by atoms with Crippen molar-refractivity contribution in [3.05, 3.63) is 38.4 Å². The Morgan fingerprint density at radius 3 is 2.91 bits per heavy atom. The Morgan fingerprint density at radius 1 is 1.57 bits per heavy atom. The summed E-state index contributed by atoms with van der Waals surface area (Å²) in [6, 6.07) is 2.67. The quantitative estimate of drug-likeness (QED) is 0.361. The zero-order chi connectivity index (χ0) is 17.0. The number of benzene rings is 1. The number of aromatic nitrogens is 3. The number of hydrogen-bond acceptors (Lipinski definition) is 7. The number of ether oxygens (including phenoxy) is 1. The van der Waals surface area contributed by atoms with Crippen LogP contribution >= 0.6 is 12.2 Å². The Bertz CT molecular complexity index is 811. The number of phenolic OH excluding ortho intramolecular Hbond substituents is 1. The molecular weight excluding hydrogens is 322 g/mol. The fourth-order valence-electron chi connectivity index (χ4n) is 1.89. The summed E-state index contributed by atoms with van der Waals surface area (Å²) in [6.07, 6.45) is 2.00. The Hall–Kier alpha value is -2.75. The number of aromatic hydroxyl groups is 1. The molecule has 2 aromatic rings. The average Bonchev–Trinajstić information content (AvgIpc) is 2.88. The number of rotatable bonds is 6. The third-order valence-corrected chi connectivity index (χ3v) is 3.19. The van der Waals surface area contributed by atoms with Gasteiger partial charge in [0.05, 0.1) is 17.7 Å². The maximum atomic E-state index is 11.0. The van der Waals surface area contributed by atoms with E-state index >= 15 is 0 Å². The van der Waals surface area contributed by atoms with E-state index in [2.05, 4.69) is 15.3 Å². The largest absolute Gasteiger partial charge is 0.500 e. The number of nitro groups is 1. The number of H-pyrrole nitrogens is 1. The third kappa shape index (κ3) is 3.54. The van der Waals surface area contributed by atoms with Gasteiger partial charge in [-0.05, 0) is 25.2 Å². The van der Waals surface area contributed by atoms with Crippen LogP contribution in [0.1, 0.15) is 25.2 Å². The van der Waals surface area contributed by atoms with Gasteiger partial charge in [-0.15, -0.1) is 0 Å². The van der Waals surface area contributed by atoms with Crippen molar-refractivity contribution in [2.75, 3.05) is 6.61 Å². The molecule has 1 aromatic heterocycles. The van der Waals surface area contributed by atoms with E-state index in [1.54, 1.807) is 6.92 Å². The molecule has 0 bridgehead atoms. The maximum Gasteiger partial charge on any atom is 0.315 e. The third-order valence-electron chi connectivity index (χ3n) is 2.93. The highest BCUT2D eigenvalue weighted by molar-refractivity contribution is 7.71. The van der Waals surface area contributed by atoms with E-state index in [1.807, 2.05) is 6.92 Å². The molecule has 0 spiro atoms. The molecule has 0 aliphatic carbocycles. The molecule has 0 saturated carbocycles. The number of phenols is 1. The van der Waals surface area contributed by atoms with Crippen molar-refractivity contribution in [3.63, 3.8) is 0 Å². The summed E-state index contributed by atoms with van der Waals surface area (Å²) in [5.74, 6) is 0.141. The molecule has 0 fully saturated rings. The van der Waals surface area contributed by atoms with Crippen LogP contribution in [0.4, 0.5) is 5.69 Å². The SMILES string of the molecule is CCOc1cc(/C=N\n2c(CC)n[nH]c2=S)cc([N+](=O)[O-])c1O. The van der Waals surface area contributed by atoms with Crippen molar-refractivity contribution in [3.8, 4) is 11.5 Å². The lowest BCUT2D eigenvalue weighted by molar-refractivity contribution is -0.386. The normalized spacial score (nSPS) is 11.0. The molecular formula is C13H15N5O4S. The minimum atomic E-state index is -0.684. The highest BCUT2D eigenvalue weighted by atomic mass is 32.1. The minimum Gasteiger partial charge on any atom is -0.500 e. The summed E-state index contributed by atoms with van der Waals surface area (Å²) in [5, 5.41) is 31.7. The standard InChI is InChI=1S/C13H15N5O4S/c1-3-11-15-16-13(23)17(11)14-7-8-5-9(18(20)21)12(19)10(6-8)22-4-2/h5-7,19H,3-4H2,1-2H3,(H,16,23)/b14-7-. The van der Waals surface area contributed by atoms with Gasteiger partial charge in [-0.1, -0.05) is 6.92 Å². The number of hydrogen-bond donors (Lipinski definition) is 2. The van der Waals surface area contributed by atoms with Crippen molar-refractivity contribution >= 4 is 24.1 Å². The Labute approximate surface area is 136 Å². The van der Waals surface area contributed by atoms with Gasteiger partial charge in [0.2, 0.25) is 10.5 Å². The summed E-state index contributed by atoms with van der Waals surface area (Å²) >= 11 is 5.07. The predicted molar refractivity (Wildman–Crippen MR) is 85.7 cm³/mol. The number of nitrogens with one attached hydrogen (secondary N) is 1. The van der Waals surface area contributed by atoms with Crippen molar-refractivity contribution in [2.45, 2.75) is 20.3 Å². The fourth-order valence-corrected chi connectivity index (χ4v) is 2.09. The molecule has 0 atom stereocenters. The van der Waals surface area contributed by atoms with Crippen molar-refractivity contribution in [1.82, 2.24) is 14.9 Å². The van der Waals surface area contributed by atoms with E-state index < -0.39 is 16.4 Å². The van der Waals surface area contributed by atoms with Gasteiger partial charge in [0, 0.05) is 18.1 Å². The van der Waals surface area contributed by atoms with Crippen LogP contribution < -0.4 is 4.74 Å². The maximum absolute atomic E-state index is 11.0. The molecule has 10 heteroatoms. The lowest BCUT2D eigenvalue weighted by Gasteiger charge is -2.07. The first kappa shape index (κ1) is 16.6. The van der Waals surface area contributed by atoms with E-state index in [0.29, 0.717) is 22.6 Å². The molecule has 0 amide bonds. The van der Waals surface area contributed by atoms with Crippen molar-refractivity contribution < 1.29 is 14.8 Å². The predicted octanol–water partition coefficient (Wildman–Crippen LogP) is 2.40. The fraction of sp³-hybridized carbons (Fsp3) is 0.308. The van der Waals surface area contributed by atoms with Crippen LogP contribution in [-0.2, 0) is 6.42 Å². The van der Waals surface area contributed by atoms with Gasteiger partial charge in [-0.2, -0.15) is 14.9 Å². The van der Waals surface area contributed by atoms with Gasteiger partial charge in [-0.3, -0.25) is 15.2 Å². The lowest BCUT2D eigenvalue weighted by atomic mass is 10.2. The van der Waals surface area contributed by atoms with Gasteiger partial charge in [0.15, 0.2) is 11.6 Å². The molecule has 0 aliphatic heterocycles. The van der Waals surface area contributed by atoms with E-state index in [-0.39, 0.29) is 12.4 Å².